The van der Waals surface area contributed by atoms with Crippen LogP contribution in [-0.2, 0) is 87.4 Å². The SMILES string of the molecule is C#CCOCCOCCO[C@]1(C(=O)OC)C[C@H](OC(C)=O)[C@@H](NC(=O)C(C)(C)OC(C)=O)[C@H]([C@H](OC(C)=O)[C@@H](CNC(=O)Cc2ccc(-c3ccc(OC(C)=O)cc3)cc2)OC(C)=O)O1. The molecule has 1 aliphatic rings. The van der Waals surface area contributed by atoms with Crippen molar-refractivity contribution in [3.8, 4) is 29.2 Å². The van der Waals surface area contributed by atoms with Crippen LogP contribution in [0.2, 0.25) is 0 Å². The fraction of sp³-hybridized carbons (Fsp3) is 0.511. The molecule has 1 fully saturated rings. The summed E-state index contributed by atoms with van der Waals surface area (Å²) in [6.45, 7) is 7.36. The quantitative estimate of drug-likeness (QED) is 0.0531. The average molecular weight is 913 g/mol. The first-order chi connectivity index (χ1) is 30.7. The van der Waals surface area contributed by atoms with Gasteiger partial charge in [-0.15, -0.1) is 6.42 Å². The lowest BCUT2D eigenvalue weighted by Gasteiger charge is -2.49. The van der Waals surface area contributed by atoms with Gasteiger partial charge in [-0.2, -0.15) is 0 Å². The average Bonchev–Trinajstić information content (AvgIpc) is 3.22. The van der Waals surface area contributed by atoms with Crippen LogP contribution >= 0.6 is 0 Å². The second-order valence-electron chi connectivity index (χ2n) is 15.0. The molecule has 3 rings (SSSR count). The monoisotopic (exact) mass is 912 g/mol. The predicted octanol–water partition coefficient (Wildman–Crippen LogP) is 1.90. The minimum Gasteiger partial charge on any atom is -0.465 e. The zero-order valence-electron chi connectivity index (χ0n) is 37.6. The Labute approximate surface area is 376 Å². The molecular weight excluding hydrogens is 856 g/mol. The van der Waals surface area contributed by atoms with Gasteiger partial charge in [0.1, 0.15) is 24.6 Å². The smallest absolute Gasteiger partial charge is 0.366 e. The molecule has 0 spiro atoms. The fourth-order valence-corrected chi connectivity index (χ4v) is 6.65. The summed E-state index contributed by atoms with van der Waals surface area (Å²) in [6, 6.07) is 12.3. The van der Waals surface area contributed by atoms with E-state index in [9.17, 15) is 38.4 Å². The number of amides is 2. The van der Waals surface area contributed by atoms with Crippen molar-refractivity contribution in [3.05, 3.63) is 54.1 Å². The molecule has 20 nitrogen and oxygen atoms in total. The maximum Gasteiger partial charge on any atom is 0.366 e. The number of terminal acetylenes is 1. The summed E-state index contributed by atoms with van der Waals surface area (Å²) in [5, 5.41) is 5.30. The van der Waals surface area contributed by atoms with Crippen molar-refractivity contribution in [3.63, 3.8) is 0 Å². The van der Waals surface area contributed by atoms with Crippen LogP contribution in [0, 0.1) is 12.3 Å². The number of ether oxygens (including phenoxy) is 10. The molecule has 0 aromatic heterocycles. The van der Waals surface area contributed by atoms with Crippen LogP contribution in [0.5, 0.6) is 5.75 Å². The maximum atomic E-state index is 13.9. The normalized spacial score (nSPS) is 18.9. The van der Waals surface area contributed by atoms with Crippen LogP contribution < -0.4 is 15.4 Å². The van der Waals surface area contributed by atoms with Gasteiger partial charge in [0.2, 0.25) is 5.91 Å². The number of hydrogen-bond donors (Lipinski definition) is 2. The molecule has 0 saturated carbocycles. The van der Waals surface area contributed by atoms with Crippen LogP contribution in [0.25, 0.3) is 11.1 Å². The fourth-order valence-electron chi connectivity index (χ4n) is 6.65. The molecule has 0 unspecified atom stereocenters. The highest BCUT2D eigenvalue weighted by atomic mass is 16.7. The Morgan fingerprint density at radius 3 is 1.95 bits per heavy atom. The molecule has 2 N–H and O–H groups in total. The number of hydrogen-bond acceptors (Lipinski definition) is 18. The third-order valence-electron chi connectivity index (χ3n) is 9.31. The van der Waals surface area contributed by atoms with E-state index in [1.165, 1.54) is 20.8 Å². The van der Waals surface area contributed by atoms with Crippen LogP contribution in [0.3, 0.4) is 0 Å². The number of methoxy groups -OCH3 is 1. The zero-order chi connectivity index (χ0) is 48.3. The van der Waals surface area contributed by atoms with E-state index in [2.05, 4.69) is 16.6 Å². The molecule has 1 heterocycles. The highest BCUT2D eigenvalue weighted by Gasteiger charge is 2.59. The molecule has 2 aromatic carbocycles. The lowest BCUT2D eigenvalue weighted by Crippen LogP contribution is -2.70. The van der Waals surface area contributed by atoms with Crippen LogP contribution in [0.4, 0.5) is 0 Å². The Hall–Kier alpha value is -6.40. The molecule has 0 bridgehead atoms. The summed E-state index contributed by atoms with van der Waals surface area (Å²) < 4.78 is 55.5. The number of esters is 6. The van der Waals surface area contributed by atoms with E-state index in [1.807, 2.05) is 0 Å². The first-order valence-corrected chi connectivity index (χ1v) is 20.4. The highest BCUT2D eigenvalue weighted by molar-refractivity contribution is 5.87. The maximum absolute atomic E-state index is 13.9. The molecule has 1 aliphatic heterocycles. The minimum atomic E-state index is -2.46. The Morgan fingerprint density at radius 2 is 1.40 bits per heavy atom. The molecule has 2 aromatic rings. The van der Waals surface area contributed by atoms with Gasteiger partial charge in [0.15, 0.2) is 17.8 Å². The summed E-state index contributed by atoms with van der Waals surface area (Å²) in [4.78, 5) is 103. The summed E-state index contributed by atoms with van der Waals surface area (Å²) in [6.07, 6.45) is -2.37. The predicted molar refractivity (Wildman–Crippen MR) is 225 cm³/mol. The van der Waals surface area contributed by atoms with Crippen molar-refractivity contribution in [2.75, 3.05) is 46.7 Å². The first kappa shape index (κ1) is 52.9. The molecule has 354 valence electrons. The van der Waals surface area contributed by atoms with Gasteiger partial charge in [0.05, 0.1) is 59.0 Å². The molecule has 1 saturated heterocycles. The van der Waals surface area contributed by atoms with E-state index in [1.54, 1.807) is 48.5 Å². The molecule has 0 radical (unpaired) electrons. The van der Waals surface area contributed by atoms with E-state index < -0.39 is 102 Å². The second-order valence-corrected chi connectivity index (χ2v) is 15.0. The van der Waals surface area contributed by atoms with E-state index in [0.717, 1.165) is 45.9 Å². The minimum absolute atomic E-state index is 0.0575. The highest BCUT2D eigenvalue weighted by Crippen LogP contribution is 2.37. The molecular formula is C45H56N2O18. The van der Waals surface area contributed by atoms with Gasteiger partial charge in [-0.05, 0) is 42.7 Å². The Kier molecular flexibility index (Phi) is 20.5. The molecule has 2 amide bonds. The standard InChI is InChI=1S/C45H56N2O18/c1-10-19-57-20-21-58-22-23-59-45(43(55)56-9)25-36(61-28(3)49)39(47-42(54)44(7,8)64-31(6)52)41(65-45)40(63-30(5)51)37(62-29(4)50)26-46-38(53)24-32-11-13-33(14-12-32)34-15-17-35(18-16-34)60-27(2)48/h1,11-18,36-37,39-41H,19-26H2,2-9H3,(H,46,53)(H,47,54)/t36-,37+,39+,40+,41+,45+/m0/s1. The van der Waals surface area contributed by atoms with Crippen molar-refractivity contribution in [2.45, 2.75) is 103 Å². The van der Waals surface area contributed by atoms with E-state index >= 15 is 0 Å². The van der Waals surface area contributed by atoms with Crippen LogP contribution in [0.1, 0.15) is 60.5 Å². The van der Waals surface area contributed by atoms with Gasteiger partial charge in [-0.25, -0.2) is 4.79 Å². The number of nitrogens with one attached hydrogen (secondary N) is 2. The number of carbonyl (C=O) groups excluding carboxylic acids is 8. The Morgan fingerprint density at radius 1 is 0.800 bits per heavy atom. The zero-order valence-corrected chi connectivity index (χ0v) is 37.6. The molecule has 0 aliphatic carbocycles. The first-order valence-electron chi connectivity index (χ1n) is 20.4. The van der Waals surface area contributed by atoms with Gasteiger partial charge in [-0.3, -0.25) is 33.6 Å². The number of carbonyl (C=O) groups is 8. The van der Waals surface area contributed by atoms with Gasteiger partial charge < -0.3 is 58.0 Å². The number of rotatable bonds is 23. The van der Waals surface area contributed by atoms with Crippen LogP contribution in [-0.4, -0.2) is 136 Å². The van der Waals surface area contributed by atoms with E-state index in [4.69, 9.17) is 53.8 Å². The van der Waals surface area contributed by atoms with Crippen molar-refractivity contribution in [1.29, 1.82) is 0 Å². The Balaban J connectivity index is 2.02. The van der Waals surface area contributed by atoms with Crippen molar-refractivity contribution >= 4 is 47.6 Å². The summed E-state index contributed by atoms with van der Waals surface area (Å²) in [5.41, 5.74) is 0.371. The van der Waals surface area contributed by atoms with Crippen molar-refractivity contribution in [2.24, 2.45) is 0 Å². The van der Waals surface area contributed by atoms with E-state index in [-0.39, 0.29) is 39.5 Å². The van der Waals surface area contributed by atoms with Gasteiger partial charge >= 0.3 is 35.8 Å². The summed E-state index contributed by atoms with van der Waals surface area (Å²) >= 11 is 0. The summed E-state index contributed by atoms with van der Waals surface area (Å²) in [7, 11) is 1.03. The molecule has 6 atom stereocenters. The van der Waals surface area contributed by atoms with E-state index in [0.29, 0.717) is 11.3 Å². The van der Waals surface area contributed by atoms with Gasteiger partial charge in [-0.1, -0.05) is 42.3 Å². The molecule has 20 heteroatoms. The third kappa shape index (κ3) is 16.9. The summed E-state index contributed by atoms with van der Waals surface area (Å²) in [5.74, 6) is -6.43. The number of benzene rings is 2. The molecule has 65 heavy (non-hydrogen) atoms. The van der Waals surface area contributed by atoms with Gasteiger partial charge in [0.25, 0.3) is 11.7 Å². The van der Waals surface area contributed by atoms with Crippen molar-refractivity contribution in [1.82, 2.24) is 10.6 Å². The van der Waals surface area contributed by atoms with Gasteiger partial charge in [0, 0.05) is 34.6 Å². The van der Waals surface area contributed by atoms with Crippen LogP contribution in [0.15, 0.2) is 48.5 Å². The largest absolute Gasteiger partial charge is 0.465 e. The topological polar surface area (TPSA) is 253 Å². The Bertz CT molecular complexity index is 2030. The van der Waals surface area contributed by atoms with Crippen molar-refractivity contribution < 1.29 is 85.7 Å². The lowest BCUT2D eigenvalue weighted by molar-refractivity contribution is -0.315. The second kappa shape index (κ2) is 25.2. The third-order valence-corrected chi connectivity index (χ3v) is 9.31. The lowest BCUT2D eigenvalue weighted by atomic mass is 9.87.